The van der Waals surface area contributed by atoms with Crippen molar-refractivity contribution in [2.75, 3.05) is 13.7 Å². The molecule has 3 nitrogen and oxygen atoms in total. The second-order valence-electron chi connectivity index (χ2n) is 4.38. The third kappa shape index (κ3) is 1.87. The fourth-order valence-electron chi connectivity index (χ4n) is 1.96. The predicted molar refractivity (Wildman–Crippen MR) is 52.7 cm³/mol. The molecule has 0 amide bonds. The molecular weight excluding hydrogens is 166 g/mol. The van der Waals surface area contributed by atoms with E-state index in [0.29, 0.717) is 6.04 Å². The monoisotopic (exact) mass is 187 g/mol. The minimum Gasteiger partial charge on any atom is -0.352 e. The molecule has 0 saturated carbocycles. The minimum absolute atomic E-state index is 0.0735. The van der Waals surface area contributed by atoms with Gasteiger partial charge in [0, 0.05) is 13.2 Å². The van der Waals surface area contributed by atoms with E-state index in [2.05, 4.69) is 26.1 Å². The highest BCUT2D eigenvalue weighted by atomic mass is 16.7. The zero-order chi connectivity index (χ0) is 10.1. The van der Waals surface area contributed by atoms with E-state index in [1.807, 2.05) is 6.92 Å². The van der Waals surface area contributed by atoms with Gasteiger partial charge >= 0.3 is 0 Å². The second-order valence-corrected chi connectivity index (χ2v) is 4.38. The van der Waals surface area contributed by atoms with Crippen LogP contribution in [0.4, 0.5) is 0 Å². The highest BCUT2D eigenvalue weighted by Crippen LogP contribution is 2.36. The zero-order valence-corrected chi connectivity index (χ0v) is 9.31. The summed E-state index contributed by atoms with van der Waals surface area (Å²) in [6, 6.07) is 0.446. The maximum absolute atomic E-state index is 5.62. The normalized spacial score (nSPS) is 40.2. The van der Waals surface area contributed by atoms with E-state index in [-0.39, 0.29) is 5.54 Å². The van der Waals surface area contributed by atoms with Crippen molar-refractivity contribution in [1.29, 1.82) is 0 Å². The van der Waals surface area contributed by atoms with Crippen LogP contribution in [0.5, 0.6) is 0 Å². The summed E-state index contributed by atoms with van der Waals surface area (Å²) in [4.78, 5) is 0. The molecule has 1 fully saturated rings. The fourth-order valence-corrected chi connectivity index (χ4v) is 1.96. The van der Waals surface area contributed by atoms with Gasteiger partial charge in [0.1, 0.15) is 0 Å². The summed E-state index contributed by atoms with van der Waals surface area (Å²) in [5, 5.41) is 3.51. The number of hydrogen-bond donors (Lipinski definition) is 1. The van der Waals surface area contributed by atoms with Gasteiger partial charge in [-0.3, -0.25) is 0 Å². The summed E-state index contributed by atoms with van der Waals surface area (Å²) in [6.07, 6.45) is 0.996. The van der Waals surface area contributed by atoms with Crippen molar-refractivity contribution in [3.05, 3.63) is 0 Å². The first kappa shape index (κ1) is 11.0. The standard InChI is InChI=1S/C10H21NO2/c1-8(2)11-9(3)6-7-13-10(9,4)12-5/h8,11H,6-7H2,1-5H3/t9-,10+/m0/s1. The van der Waals surface area contributed by atoms with E-state index in [1.165, 1.54) is 0 Å². The molecule has 0 bridgehead atoms. The highest BCUT2D eigenvalue weighted by Gasteiger charge is 2.50. The van der Waals surface area contributed by atoms with Gasteiger partial charge in [0.25, 0.3) is 0 Å². The Morgan fingerprint density at radius 1 is 1.38 bits per heavy atom. The van der Waals surface area contributed by atoms with Crippen LogP contribution in [0, 0.1) is 0 Å². The number of nitrogens with one attached hydrogen (secondary N) is 1. The Hall–Kier alpha value is -0.120. The van der Waals surface area contributed by atoms with Crippen LogP contribution in [0.25, 0.3) is 0 Å². The van der Waals surface area contributed by atoms with Gasteiger partial charge in [-0.25, -0.2) is 0 Å². The molecule has 0 radical (unpaired) electrons. The molecule has 0 aromatic rings. The quantitative estimate of drug-likeness (QED) is 0.726. The van der Waals surface area contributed by atoms with Gasteiger partial charge in [-0.15, -0.1) is 0 Å². The lowest BCUT2D eigenvalue weighted by atomic mass is 9.90. The topological polar surface area (TPSA) is 30.5 Å². The van der Waals surface area contributed by atoms with E-state index in [1.54, 1.807) is 7.11 Å². The maximum atomic E-state index is 5.62. The summed E-state index contributed by atoms with van der Waals surface area (Å²) >= 11 is 0. The first-order chi connectivity index (χ1) is 5.93. The fraction of sp³-hybridized carbons (Fsp3) is 1.00. The van der Waals surface area contributed by atoms with Crippen LogP contribution in [-0.2, 0) is 9.47 Å². The molecule has 1 aliphatic heterocycles. The SMILES string of the molecule is CO[C@]1(C)OCC[C@]1(C)NC(C)C. The average Bonchev–Trinajstić information content (AvgIpc) is 2.28. The third-order valence-electron chi connectivity index (χ3n) is 2.98. The molecule has 0 aliphatic carbocycles. The van der Waals surface area contributed by atoms with Crippen molar-refractivity contribution in [1.82, 2.24) is 5.32 Å². The molecule has 1 saturated heterocycles. The predicted octanol–water partition coefficient (Wildman–Crippen LogP) is 1.53. The molecule has 1 rings (SSSR count). The Bertz CT molecular complexity index is 184. The lowest BCUT2D eigenvalue weighted by Crippen LogP contribution is -2.59. The molecule has 2 atom stereocenters. The number of rotatable bonds is 3. The van der Waals surface area contributed by atoms with Crippen molar-refractivity contribution in [2.24, 2.45) is 0 Å². The van der Waals surface area contributed by atoms with Crippen LogP contribution in [-0.4, -0.2) is 31.1 Å². The first-order valence-corrected chi connectivity index (χ1v) is 4.90. The largest absolute Gasteiger partial charge is 0.352 e. The van der Waals surface area contributed by atoms with Crippen molar-refractivity contribution < 1.29 is 9.47 Å². The number of ether oxygens (including phenoxy) is 2. The molecule has 13 heavy (non-hydrogen) atoms. The van der Waals surface area contributed by atoms with E-state index in [9.17, 15) is 0 Å². The molecule has 0 spiro atoms. The van der Waals surface area contributed by atoms with E-state index in [0.717, 1.165) is 13.0 Å². The maximum Gasteiger partial charge on any atom is 0.183 e. The van der Waals surface area contributed by atoms with Crippen LogP contribution < -0.4 is 5.32 Å². The van der Waals surface area contributed by atoms with Crippen LogP contribution in [0.1, 0.15) is 34.1 Å². The molecular formula is C10H21NO2. The number of methoxy groups -OCH3 is 1. The van der Waals surface area contributed by atoms with Crippen molar-refractivity contribution in [3.63, 3.8) is 0 Å². The second kappa shape index (κ2) is 3.56. The average molecular weight is 187 g/mol. The Labute approximate surface area is 80.8 Å². The highest BCUT2D eigenvalue weighted by molar-refractivity contribution is 5.00. The molecule has 1 N–H and O–H groups in total. The summed E-state index contributed by atoms with van der Waals surface area (Å²) < 4.78 is 11.1. The van der Waals surface area contributed by atoms with Gasteiger partial charge in [-0.05, 0) is 20.3 Å². The van der Waals surface area contributed by atoms with Gasteiger partial charge in [0.2, 0.25) is 0 Å². The first-order valence-electron chi connectivity index (χ1n) is 4.90. The van der Waals surface area contributed by atoms with Crippen LogP contribution in [0.2, 0.25) is 0 Å². The van der Waals surface area contributed by atoms with E-state index < -0.39 is 5.79 Å². The zero-order valence-electron chi connectivity index (χ0n) is 9.31. The molecule has 3 heteroatoms. The molecule has 0 aromatic heterocycles. The molecule has 1 aliphatic rings. The summed E-state index contributed by atoms with van der Waals surface area (Å²) in [6.45, 7) is 9.19. The summed E-state index contributed by atoms with van der Waals surface area (Å²) in [5.41, 5.74) is -0.0735. The van der Waals surface area contributed by atoms with Crippen molar-refractivity contribution in [2.45, 2.75) is 51.5 Å². The smallest absolute Gasteiger partial charge is 0.183 e. The summed E-state index contributed by atoms with van der Waals surface area (Å²) in [5.74, 6) is -0.489. The van der Waals surface area contributed by atoms with E-state index >= 15 is 0 Å². The van der Waals surface area contributed by atoms with Gasteiger partial charge in [-0.1, -0.05) is 13.8 Å². The van der Waals surface area contributed by atoms with Gasteiger partial charge in [0.15, 0.2) is 5.79 Å². The van der Waals surface area contributed by atoms with Crippen molar-refractivity contribution >= 4 is 0 Å². The van der Waals surface area contributed by atoms with E-state index in [4.69, 9.17) is 9.47 Å². The minimum atomic E-state index is -0.489. The molecule has 78 valence electrons. The van der Waals surface area contributed by atoms with Crippen LogP contribution in [0.3, 0.4) is 0 Å². The van der Waals surface area contributed by atoms with Crippen molar-refractivity contribution in [3.8, 4) is 0 Å². The Balaban J connectivity index is 2.75. The Morgan fingerprint density at radius 2 is 2.00 bits per heavy atom. The lowest BCUT2D eigenvalue weighted by molar-refractivity contribution is -0.212. The number of hydrogen-bond acceptors (Lipinski definition) is 3. The van der Waals surface area contributed by atoms with Gasteiger partial charge in [-0.2, -0.15) is 0 Å². The Morgan fingerprint density at radius 3 is 2.46 bits per heavy atom. The lowest BCUT2D eigenvalue weighted by Gasteiger charge is -2.40. The Kier molecular flexibility index (Phi) is 3.00. The third-order valence-corrected chi connectivity index (χ3v) is 2.98. The molecule has 0 unspecified atom stereocenters. The summed E-state index contributed by atoms with van der Waals surface area (Å²) in [7, 11) is 1.70. The molecule has 1 heterocycles. The van der Waals surface area contributed by atoms with Gasteiger partial charge < -0.3 is 14.8 Å². The van der Waals surface area contributed by atoms with Crippen LogP contribution >= 0.6 is 0 Å². The molecule has 0 aromatic carbocycles. The van der Waals surface area contributed by atoms with Gasteiger partial charge in [0.05, 0.1) is 12.1 Å². The van der Waals surface area contributed by atoms with Crippen LogP contribution in [0.15, 0.2) is 0 Å².